The third-order valence-corrected chi connectivity index (χ3v) is 4.13. The fraction of sp³-hybridized carbons (Fsp3) is 0.562. The molecule has 1 unspecified atom stereocenters. The van der Waals surface area contributed by atoms with Crippen molar-refractivity contribution in [2.75, 3.05) is 0 Å². The molecule has 1 N–H and O–H groups in total. The molecule has 3 heteroatoms. The molecule has 1 aliphatic carbocycles. The summed E-state index contributed by atoms with van der Waals surface area (Å²) < 4.78 is 6.13. The van der Waals surface area contributed by atoms with Crippen molar-refractivity contribution in [1.29, 1.82) is 0 Å². The van der Waals surface area contributed by atoms with Gasteiger partial charge in [0.2, 0.25) is 0 Å². The molecule has 0 bridgehead atoms. The third-order valence-electron chi connectivity index (χ3n) is 4.13. The molecule has 1 aromatic carbocycles. The van der Waals surface area contributed by atoms with Crippen LogP contribution in [0.1, 0.15) is 55.2 Å². The molecule has 0 aliphatic heterocycles. The maximum atomic E-state index is 11.2. The van der Waals surface area contributed by atoms with Crippen LogP contribution in [0.2, 0.25) is 0 Å². The van der Waals surface area contributed by atoms with Crippen LogP contribution in [0.4, 0.5) is 0 Å². The molecule has 3 nitrogen and oxygen atoms in total. The Morgan fingerprint density at radius 1 is 1.32 bits per heavy atom. The van der Waals surface area contributed by atoms with Crippen LogP contribution in [0.3, 0.4) is 0 Å². The van der Waals surface area contributed by atoms with Gasteiger partial charge in [-0.25, -0.2) is 0 Å². The van der Waals surface area contributed by atoms with Crippen LogP contribution in [0.5, 0.6) is 5.75 Å². The van der Waals surface area contributed by atoms with Gasteiger partial charge < -0.3 is 9.84 Å². The summed E-state index contributed by atoms with van der Waals surface area (Å²) in [6, 6.07) is 3.87. The Kier molecular flexibility index (Phi) is 4.13. The van der Waals surface area contributed by atoms with Crippen LogP contribution in [0.25, 0.3) is 0 Å². The van der Waals surface area contributed by atoms with Crippen molar-refractivity contribution in [3.05, 3.63) is 28.8 Å². The highest BCUT2D eigenvalue weighted by atomic mass is 16.5. The zero-order valence-corrected chi connectivity index (χ0v) is 11.9. The Labute approximate surface area is 114 Å². The number of aliphatic carboxylic acids is 1. The maximum absolute atomic E-state index is 11.2. The Bertz CT molecular complexity index is 473. The number of rotatable bonds is 4. The van der Waals surface area contributed by atoms with Gasteiger partial charge in [0.15, 0.2) is 0 Å². The van der Waals surface area contributed by atoms with Gasteiger partial charge in [0.25, 0.3) is 0 Å². The summed E-state index contributed by atoms with van der Waals surface area (Å²) >= 11 is 0. The predicted molar refractivity (Wildman–Crippen MR) is 74.9 cm³/mol. The number of carbonyl (C=O) groups is 1. The van der Waals surface area contributed by atoms with Crippen LogP contribution in [0, 0.1) is 13.8 Å². The Morgan fingerprint density at radius 2 is 1.95 bits per heavy atom. The first kappa shape index (κ1) is 13.9. The quantitative estimate of drug-likeness (QED) is 0.897. The Hall–Kier alpha value is -1.51. The van der Waals surface area contributed by atoms with Gasteiger partial charge in [-0.05, 0) is 57.6 Å². The average Bonchev–Trinajstić information content (AvgIpc) is 2.87. The Morgan fingerprint density at radius 3 is 2.53 bits per heavy atom. The van der Waals surface area contributed by atoms with E-state index in [0.29, 0.717) is 0 Å². The Balaban J connectivity index is 2.36. The highest BCUT2D eigenvalue weighted by Gasteiger charge is 2.24. The van der Waals surface area contributed by atoms with Gasteiger partial charge in [-0.15, -0.1) is 0 Å². The van der Waals surface area contributed by atoms with Crippen LogP contribution >= 0.6 is 0 Å². The van der Waals surface area contributed by atoms with Crippen molar-refractivity contribution < 1.29 is 14.6 Å². The molecule has 1 aromatic rings. The lowest BCUT2D eigenvalue weighted by molar-refractivity contribution is -0.138. The smallest absolute Gasteiger partial charge is 0.310 e. The lowest BCUT2D eigenvalue weighted by Crippen LogP contribution is -2.16. The minimum absolute atomic E-state index is 0.250. The van der Waals surface area contributed by atoms with Crippen molar-refractivity contribution in [3.63, 3.8) is 0 Å². The van der Waals surface area contributed by atoms with Gasteiger partial charge in [-0.3, -0.25) is 4.79 Å². The molecular weight excluding hydrogens is 240 g/mol. The van der Waals surface area contributed by atoms with Gasteiger partial charge in [-0.1, -0.05) is 12.1 Å². The summed E-state index contributed by atoms with van der Waals surface area (Å²) in [5.41, 5.74) is 3.01. The summed E-state index contributed by atoms with van der Waals surface area (Å²) in [5.74, 6) is -0.544. The van der Waals surface area contributed by atoms with E-state index in [9.17, 15) is 9.90 Å². The number of hydrogen-bond donors (Lipinski definition) is 1. The second-order valence-electron chi connectivity index (χ2n) is 5.51. The van der Waals surface area contributed by atoms with E-state index in [2.05, 4.69) is 0 Å². The lowest BCUT2D eigenvalue weighted by atomic mass is 9.95. The fourth-order valence-electron chi connectivity index (χ4n) is 2.61. The molecule has 1 aliphatic rings. The first-order valence-corrected chi connectivity index (χ1v) is 7.00. The molecule has 2 rings (SSSR count). The standard InChI is InChI=1S/C16H22O3/c1-10-8-9-14(12(3)16(17)18)15(11(10)2)19-13-6-4-5-7-13/h8-9,12-13H,4-7H2,1-3H3,(H,17,18). The number of ether oxygens (including phenoxy) is 1. The van der Waals surface area contributed by atoms with E-state index in [1.165, 1.54) is 12.8 Å². The zero-order valence-electron chi connectivity index (χ0n) is 11.9. The molecular formula is C16H22O3. The van der Waals surface area contributed by atoms with E-state index >= 15 is 0 Å². The van der Waals surface area contributed by atoms with Crippen molar-refractivity contribution in [2.24, 2.45) is 0 Å². The number of carboxylic acids is 1. The number of aryl methyl sites for hydroxylation is 1. The van der Waals surface area contributed by atoms with Gasteiger partial charge in [0.05, 0.1) is 12.0 Å². The van der Waals surface area contributed by atoms with E-state index in [1.807, 2.05) is 26.0 Å². The molecule has 0 radical (unpaired) electrons. The van der Waals surface area contributed by atoms with E-state index in [0.717, 1.165) is 35.3 Å². The van der Waals surface area contributed by atoms with Crippen molar-refractivity contribution in [3.8, 4) is 5.75 Å². The monoisotopic (exact) mass is 262 g/mol. The molecule has 19 heavy (non-hydrogen) atoms. The van der Waals surface area contributed by atoms with Crippen molar-refractivity contribution in [2.45, 2.75) is 58.5 Å². The van der Waals surface area contributed by atoms with Crippen molar-refractivity contribution >= 4 is 5.97 Å². The van der Waals surface area contributed by atoms with Gasteiger partial charge in [0.1, 0.15) is 5.75 Å². The zero-order chi connectivity index (χ0) is 14.0. The molecule has 0 saturated heterocycles. The third kappa shape index (κ3) is 2.91. The molecule has 0 amide bonds. The summed E-state index contributed by atoms with van der Waals surface area (Å²) in [5, 5.41) is 9.23. The summed E-state index contributed by atoms with van der Waals surface area (Å²) in [6.45, 7) is 5.76. The fourth-order valence-corrected chi connectivity index (χ4v) is 2.61. The maximum Gasteiger partial charge on any atom is 0.310 e. The highest BCUT2D eigenvalue weighted by Crippen LogP contribution is 2.35. The number of hydrogen-bond acceptors (Lipinski definition) is 2. The van der Waals surface area contributed by atoms with Crippen LogP contribution in [-0.4, -0.2) is 17.2 Å². The first-order valence-electron chi connectivity index (χ1n) is 7.00. The first-order chi connectivity index (χ1) is 9.00. The van der Waals surface area contributed by atoms with E-state index in [1.54, 1.807) is 6.92 Å². The highest BCUT2D eigenvalue weighted by molar-refractivity contribution is 5.77. The molecule has 1 fully saturated rings. The van der Waals surface area contributed by atoms with E-state index < -0.39 is 11.9 Å². The molecule has 1 atom stereocenters. The van der Waals surface area contributed by atoms with Crippen LogP contribution in [-0.2, 0) is 4.79 Å². The second-order valence-corrected chi connectivity index (χ2v) is 5.51. The van der Waals surface area contributed by atoms with E-state index in [-0.39, 0.29) is 6.10 Å². The minimum Gasteiger partial charge on any atom is -0.490 e. The minimum atomic E-state index is -0.806. The SMILES string of the molecule is Cc1ccc(C(C)C(=O)O)c(OC2CCCC2)c1C. The van der Waals surface area contributed by atoms with Crippen LogP contribution < -0.4 is 4.74 Å². The normalized spacial score (nSPS) is 17.4. The van der Waals surface area contributed by atoms with E-state index in [4.69, 9.17) is 4.74 Å². The topological polar surface area (TPSA) is 46.5 Å². The second kappa shape index (κ2) is 5.64. The predicted octanol–water partition coefficient (Wildman–Crippen LogP) is 3.81. The van der Waals surface area contributed by atoms with Gasteiger partial charge in [-0.2, -0.15) is 0 Å². The average molecular weight is 262 g/mol. The summed E-state index contributed by atoms with van der Waals surface area (Å²) in [7, 11) is 0. The van der Waals surface area contributed by atoms with Crippen LogP contribution in [0.15, 0.2) is 12.1 Å². The summed E-state index contributed by atoms with van der Waals surface area (Å²) in [6.07, 6.45) is 4.82. The van der Waals surface area contributed by atoms with Gasteiger partial charge in [0, 0.05) is 5.56 Å². The molecule has 0 heterocycles. The number of benzene rings is 1. The lowest BCUT2D eigenvalue weighted by Gasteiger charge is -2.21. The van der Waals surface area contributed by atoms with Crippen molar-refractivity contribution in [1.82, 2.24) is 0 Å². The molecule has 1 saturated carbocycles. The summed E-state index contributed by atoms with van der Waals surface area (Å²) in [4.78, 5) is 11.2. The number of carboxylic acid groups (broad SMARTS) is 1. The molecule has 0 aromatic heterocycles. The molecule has 0 spiro atoms. The van der Waals surface area contributed by atoms with Gasteiger partial charge >= 0.3 is 5.97 Å². The molecule has 104 valence electrons. The largest absolute Gasteiger partial charge is 0.490 e.